The molecule has 1 aromatic carbocycles. The van der Waals surface area contributed by atoms with E-state index in [-0.39, 0.29) is 6.04 Å². The number of rotatable bonds is 5. The van der Waals surface area contributed by atoms with Gasteiger partial charge in [-0.25, -0.2) is 8.42 Å². The largest absolute Gasteiger partial charge is 0.404 e. The molecule has 0 bridgehead atoms. The van der Waals surface area contributed by atoms with Crippen LogP contribution in [0.15, 0.2) is 41.4 Å². The minimum absolute atomic E-state index is 0.0269. The number of halogens is 3. The zero-order valence-electron chi connectivity index (χ0n) is 17.3. The van der Waals surface area contributed by atoms with Crippen LogP contribution < -0.4 is 4.72 Å². The van der Waals surface area contributed by atoms with Gasteiger partial charge >= 0.3 is 6.18 Å². The zero-order valence-corrected chi connectivity index (χ0v) is 18.1. The van der Waals surface area contributed by atoms with Gasteiger partial charge in [-0.1, -0.05) is 12.1 Å². The molecule has 0 aliphatic rings. The van der Waals surface area contributed by atoms with E-state index in [4.69, 9.17) is 0 Å². The van der Waals surface area contributed by atoms with Gasteiger partial charge in [0.25, 0.3) is 0 Å². The third-order valence-electron chi connectivity index (χ3n) is 4.90. The summed E-state index contributed by atoms with van der Waals surface area (Å²) in [6.45, 7) is 6.57. The molecule has 0 spiro atoms. The molecule has 1 N–H and O–H groups in total. The topological polar surface area (TPSA) is 87.8 Å². The van der Waals surface area contributed by atoms with Gasteiger partial charge in [-0.05, 0) is 51.5 Å². The predicted molar refractivity (Wildman–Crippen MR) is 111 cm³/mol. The maximum absolute atomic E-state index is 12.7. The van der Waals surface area contributed by atoms with Crippen molar-refractivity contribution in [2.75, 3.05) is 0 Å². The molecule has 0 aliphatic carbocycles. The number of benzene rings is 1. The maximum Gasteiger partial charge on any atom is 0.404 e. The fourth-order valence-electron chi connectivity index (χ4n) is 3.37. The van der Waals surface area contributed by atoms with Gasteiger partial charge < -0.3 is 4.57 Å². The van der Waals surface area contributed by atoms with E-state index in [0.717, 1.165) is 29.6 Å². The molecule has 0 aliphatic heterocycles. The Kier molecular flexibility index (Phi) is 5.86. The molecule has 10 heteroatoms. The van der Waals surface area contributed by atoms with Crippen LogP contribution in [0.2, 0.25) is 0 Å². The summed E-state index contributed by atoms with van der Waals surface area (Å²) in [7, 11) is -4.42. The molecule has 0 amide bonds. The third kappa shape index (κ3) is 4.29. The second kappa shape index (κ2) is 7.98. The quantitative estimate of drug-likeness (QED) is 0.611. The van der Waals surface area contributed by atoms with E-state index in [1.807, 2.05) is 43.5 Å². The lowest BCUT2D eigenvalue weighted by Crippen LogP contribution is -2.42. The van der Waals surface area contributed by atoms with Crippen LogP contribution in [0.1, 0.15) is 37.9 Å². The summed E-state index contributed by atoms with van der Waals surface area (Å²) in [5.41, 5.74) is 3.14. The van der Waals surface area contributed by atoms with E-state index < -0.39 is 27.1 Å². The summed E-state index contributed by atoms with van der Waals surface area (Å²) in [5.74, 6) is 0. The van der Waals surface area contributed by atoms with Crippen LogP contribution in [-0.4, -0.2) is 30.2 Å². The number of nitrogens with one attached hydrogen (secondary N) is 1. The highest BCUT2D eigenvalue weighted by atomic mass is 32.2. The standard InChI is InChI=1S/C21H21F3N4O2S/c1-12(2)28-19-9-13(3)5-7-16(19)17(10-25)20(28)18-8-6-15(11-26-18)31(29,30)27-14(4)21(22,23)24/h5-9,11-12,14,27H,1-4H3. The van der Waals surface area contributed by atoms with E-state index in [9.17, 15) is 26.9 Å². The van der Waals surface area contributed by atoms with Crippen LogP contribution in [0.3, 0.4) is 0 Å². The van der Waals surface area contributed by atoms with Crippen molar-refractivity contribution < 1.29 is 21.6 Å². The first-order chi connectivity index (χ1) is 14.4. The number of nitriles is 1. The lowest BCUT2D eigenvalue weighted by Gasteiger charge is -2.17. The lowest BCUT2D eigenvalue weighted by atomic mass is 10.1. The van der Waals surface area contributed by atoms with E-state index >= 15 is 0 Å². The smallest absolute Gasteiger partial charge is 0.336 e. The molecular formula is C21H21F3N4O2S. The summed E-state index contributed by atoms with van der Waals surface area (Å²) in [6, 6.07) is 8.22. The molecule has 31 heavy (non-hydrogen) atoms. The number of pyridine rings is 1. The van der Waals surface area contributed by atoms with E-state index in [0.29, 0.717) is 17.0 Å². The average molecular weight is 450 g/mol. The van der Waals surface area contributed by atoms with E-state index in [1.165, 1.54) is 12.1 Å². The molecule has 2 heterocycles. The van der Waals surface area contributed by atoms with Crippen molar-refractivity contribution in [2.45, 2.75) is 50.9 Å². The first-order valence-corrected chi connectivity index (χ1v) is 10.9. The molecule has 0 saturated carbocycles. The number of alkyl halides is 3. The minimum Gasteiger partial charge on any atom is -0.336 e. The van der Waals surface area contributed by atoms with Gasteiger partial charge in [-0.15, -0.1) is 0 Å². The number of fused-ring (bicyclic) bond motifs is 1. The number of aromatic nitrogens is 2. The monoisotopic (exact) mass is 450 g/mol. The van der Waals surface area contributed by atoms with Crippen LogP contribution in [-0.2, 0) is 10.0 Å². The Morgan fingerprint density at radius 3 is 2.35 bits per heavy atom. The molecule has 0 fully saturated rings. The fourth-order valence-corrected chi connectivity index (χ4v) is 4.54. The molecule has 164 valence electrons. The Labute approximate surface area is 178 Å². The Bertz CT molecular complexity index is 1270. The molecule has 0 saturated heterocycles. The third-order valence-corrected chi connectivity index (χ3v) is 6.43. The van der Waals surface area contributed by atoms with Crippen molar-refractivity contribution in [3.8, 4) is 17.5 Å². The molecular weight excluding hydrogens is 429 g/mol. The van der Waals surface area contributed by atoms with Crippen molar-refractivity contribution in [3.63, 3.8) is 0 Å². The summed E-state index contributed by atoms with van der Waals surface area (Å²) in [6.07, 6.45) is -3.71. The predicted octanol–water partition coefficient (Wildman–Crippen LogP) is 4.69. The molecule has 0 radical (unpaired) electrons. The molecule has 3 rings (SSSR count). The maximum atomic E-state index is 12.7. The number of nitrogens with zero attached hydrogens (tertiary/aromatic N) is 3. The van der Waals surface area contributed by atoms with Crippen molar-refractivity contribution in [1.82, 2.24) is 14.3 Å². The van der Waals surface area contributed by atoms with Crippen molar-refractivity contribution in [1.29, 1.82) is 5.26 Å². The van der Waals surface area contributed by atoms with Gasteiger partial charge in [-0.2, -0.15) is 23.2 Å². The highest BCUT2D eigenvalue weighted by Crippen LogP contribution is 2.36. The summed E-state index contributed by atoms with van der Waals surface area (Å²) in [4.78, 5) is 3.79. The highest BCUT2D eigenvalue weighted by Gasteiger charge is 2.39. The van der Waals surface area contributed by atoms with Gasteiger partial charge in [0.15, 0.2) is 0 Å². The summed E-state index contributed by atoms with van der Waals surface area (Å²) >= 11 is 0. The van der Waals surface area contributed by atoms with Crippen LogP contribution >= 0.6 is 0 Å². The second-order valence-corrected chi connectivity index (χ2v) is 9.30. The van der Waals surface area contributed by atoms with Crippen molar-refractivity contribution in [3.05, 3.63) is 47.7 Å². The SMILES string of the molecule is Cc1ccc2c(C#N)c(-c3ccc(S(=O)(=O)NC(C)C(F)(F)F)cn3)n(C(C)C)c2c1. The molecule has 2 aromatic heterocycles. The Morgan fingerprint density at radius 1 is 1.16 bits per heavy atom. The zero-order chi connectivity index (χ0) is 23.1. The van der Waals surface area contributed by atoms with Crippen LogP contribution in [0.25, 0.3) is 22.3 Å². The lowest BCUT2D eigenvalue weighted by molar-refractivity contribution is -0.147. The summed E-state index contributed by atoms with van der Waals surface area (Å²) < 4.78 is 66.4. The average Bonchev–Trinajstić information content (AvgIpc) is 3.00. The van der Waals surface area contributed by atoms with Gasteiger partial charge in [0.05, 0.1) is 22.5 Å². The Morgan fingerprint density at radius 2 is 1.84 bits per heavy atom. The second-order valence-electron chi connectivity index (χ2n) is 7.58. The van der Waals surface area contributed by atoms with E-state index in [2.05, 4.69) is 11.1 Å². The van der Waals surface area contributed by atoms with Gasteiger partial charge in [-0.3, -0.25) is 4.98 Å². The molecule has 3 aromatic rings. The first kappa shape index (κ1) is 22.8. The fraction of sp³-hybridized carbons (Fsp3) is 0.333. The summed E-state index contributed by atoms with van der Waals surface area (Å²) in [5, 5.41) is 10.5. The first-order valence-electron chi connectivity index (χ1n) is 9.47. The number of sulfonamides is 1. The van der Waals surface area contributed by atoms with Crippen molar-refractivity contribution >= 4 is 20.9 Å². The Balaban J connectivity index is 2.11. The van der Waals surface area contributed by atoms with Crippen LogP contribution in [0.5, 0.6) is 0 Å². The molecule has 1 atom stereocenters. The normalized spacial score (nSPS) is 13.5. The van der Waals surface area contributed by atoms with Gasteiger partial charge in [0.1, 0.15) is 17.0 Å². The van der Waals surface area contributed by atoms with Gasteiger partial charge in [0, 0.05) is 17.6 Å². The van der Waals surface area contributed by atoms with E-state index in [1.54, 1.807) is 4.72 Å². The Hall–Kier alpha value is -2.90. The number of hydrogen-bond donors (Lipinski definition) is 1. The van der Waals surface area contributed by atoms with Crippen LogP contribution in [0, 0.1) is 18.3 Å². The molecule has 1 unspecified atom stereocenters. The number of aryl methyl sites for hydroxylation is 1. The number of hydrogen-bond acceptors (Lipinski definition) is 4. The van der Waals surface area contributed by atoms with Crippen molar-refractivity contribution in [2.24, 2.45) is 0 Å². The van der Waals surface area contributed by atoms with Crippen LogP contribution in [0.4, 0.5) is 13.2 Å². The minimum atomic E-state index is -4.71. The van der Waals surface area contributed by atoms with Gasteiger partial charge in [0.2, 0.25) is 10.0 Å². The molecule has 6 nitrogen and oxygen atoms in total. The highest BCUT2D eigenvalue weighted by molar-refractivity contribution is 7.89.